The van der Waals surface area contributed by atoms with Gasteiger partial charge in [0.15, 0.2) is 0 Å². The van der Waals surface area contributed by atoms with Crippen LogP contribution in [0.5, 0.6) is 0 Å². The van der Waals surface area contributed by atoms with Gasteiger partial charge in [0.2, 0.25) is 0 Å². The Morgan fingerprint density at radius 3 is 2.96 bits per heavy atom. The summed E-state index contributed by atoms with van der Waals surface area (Å²) in [6.07, 6.45) is 4.98. The largest absolute Gasteiger partial charge is 0.394 e. The van der Waals surface area contributed by atoms with Crippen LogP contribution in [-0.4, -0.2) is 37.6 Å². The maximum atomic E-state index is 12.6. The zero-order chi connectivity index (χ0) is 18.8. The number of benzene rings is 1. The van der Waals surface area contributed by atoms with E-state index in [4.69, 9.17) is 11.6 Å². The molecule has 0 aliphatic heterocycles. The van der Waals surface area contributed by atoms with Crippen LogP contribution in [0, 0.1) is 0 Å². The molecule has 4 rings (SSSR count). The Hall–Kier alpha value is -3.16. The van der Waals surface area contributed by atoms with E-state index in [-0.39, 0.29) is 13.9 Å². The normalized spacial score (nSPS) is 12.2. The minimum atomic E-state index is -0.557. The molecule has 0 aliphatic rings. The second-order valence-electron chi connectivity index (χ2n) is 6.03. The van der Waals surface area contributed by atoms with E-state index in [2.05, 4.69) is 25.3 Å². The molecule has 1 amide bonds. The predicted octanol–water partition coefficient (Wildman–Crippen LogP) is 3.32. The number of aromatic amines is 2. The number of halogens is 1. The molecule has 4 aromatic rings. The molecule has 0 fully saturated rings. The number of aliphatic hydroxyl groups is 1. The molecular weight excluding hydrogens is 366 g/mol. The molecule has 7 nitrogen and oxygen atoms in total. The van der Waals surface area contributed by atoms with Crippen molar-refractivity contribution in [3.8, 4) is 11.3 Å². The standard InChI is InChI=1S/C19H16ClN5O2.H2/c20-13-3-1-2-11(6-13)16(9-26)25-19(27)15-7-12(8-22-15)17-14-4-5-21-18(14)24-10-23-17;/h1-8,10,16,22,26H,9H2,(H,25,27)(H,21,23,24);1H/t16-;/m1./s1. The molecule has 8 heteroatoms. The Kier molecular flexibility index (Phi) is 4.62. The molecule has 138 valence electrons. The number of hydrogen-bond donors (Lipinski definition) is 4. The minimum Gasteiger partial charge on any atom is -0.394 e. The number of rotatable bonds is 5. The van der Waals surface area contributed by atoms with Gasteiger partial charge in [-0.2, -0.15) is 0 Å². The van der Waals surface area contributed by atoms with Crippen LogP contribution in [0.3, 0.4) is 0 Å². The summed E-state index contributed by atoms with van der Waals surface area (Å²) in [7, 11) is 0. The number of aromatic nitrogens is 4. The van der Waals surface area contributed by atoms with Crippen LogP contribution < -0.4 is 5.32 Å². The van der Waals surface area contributed by atoms with E-state index in [0.29, 0.717) is 10.7 Å². The number of amides is 1. The number of aliphatic hydroxyl groups excluding tert-OH is 1. The van der Waals surface area contributed by atoms with Crippen LogP contribution in [0.2, 0.25) is 5.02 Å². The zero-order valence-corrected chi connectivity index (χ0v) is 14.9. The molecular formula is C19H18ClN5O2. The van der Waals surface area contributed by atoms with Gasteiger partial charge in [0, 0.05) is 29.8 Å². The summed E-state index contributed by atoms with van der Waals surface area (Å²) < 4.78 is 0. The second-order valence-corrected chi connectivity index (χ2v) is 6.46. The van der Waals surface area contributed by atoms with E-state index >= 15 is 0 Å². The fourth-order valence-electron chi connectivity index (χ4n) is 2.96. The van der Waals surface area contributed by atoms with E-state index in [1.54, 1.807) is 42.7 Å². The van der Waals surface area contributed by atoms with Crippen LogP contribution >= 0.6 is 11.6 Å². The predicted molar refractivity (Wildman–Crippen MR) is 105 cm³/mol. The van der Waals surface area contributed by atoms with Gasteiger partial charge in [-0.15, -0.1) is 0 Å². The highest BCUT2D eigenvalue weighted by Gasteiger charge is 2.18. The van der Waals surface area contributed by atoms with Gasteiger partial charge >= 0.3 is 0 Å². The lowest BCUT2D eigenvalue weighted by Crippen LogP contribution is -2.31. The van der Waals surface area contributed by atoms with E-state index in [1.165, 1.54) is 6.33 Å². The highest BCUT2D eigenvalue weighted by Crippen LogP contribution is 2.25. The minimum absolute atomic E-state index is 0. The topological polar surface area (TPSA) is 107 Å². The molecule has 1 atom stereocenters. The highest BCUT2D eigenvalue weighted by atomic mass is 35.5. The Labute approximate surface area is 160 Å². The highest BCUT2D eigenvalue weighted by molar-refractivity contribution is 6.30. The first-order valence-corrected chi connectivity index (χ1v) is 8.67. The van der Waals surface area contributed by atoms with Crippen molar-refractivity contribution in [3.05, 3.63) is 71.4 Å². The molecule has 0 saturated heterocycles. The van der Waals surface area contributed by atoms with Gasteiger partial charge in [0.1, 0.15) is 17.7 Å². The van der Waals surface area contributed by atoms with Crippen LogP contribution in [-0.2, 0) is 0 Å². The van der Waals surface area contributed by atoms with Crippen LogP contribution in [0.4, 0.5) is 0 Å². The molecule has 3 heterocycles. The maximum absolute atomic E-state index is 12.6. The Morgan fingerprint density at radius 1 is 1.26 bits per heavy atom. The molecule has 27 heavy (non-hydrogen) atoms. The molecule has 0 bridgehead atoms. The van der Waals surface area contributed by atoms with Crippen LogP contribution in [0.15, 0.2) is 55.1 Å². The third-order valence-electron chi connectivity index (χ3n) is 4.29. The zero-order valence-electron chi connectivity index (χ0n) is 14.1. The number of hydrogen-bond acceptors (Lipinski definition) is 4. The quantitative estimate of drug-likeness (QED) is 0.424. The van der Waals surface area contributed by atoms with Crippen LogP contribution in [0.1, 0.15) is 23.5 Å². The first kappa shape index (κ1) is 17.3. The Balaban J connectivity index is 0.00000225. The van der Waals surface area contributed by atoms with E-state index in [0.717, 1.165) is 27.9 Å². The summed E-state index contributed by atoms with van der Waals surface area (Å²) in [6, 6.07) is 10.1. The van der Waals surface area contributed by atoms with Gasteiger partial charge in [-0.1, -0.05) is 23.7 Å². The Bertz CT molecular complexity index is 1110. The SMILES string of the molecule is O=C(N[C@H](CO)c1cccc(Cl)c1)c1cc(-c2ncnc3[nH]ccc23)c[nH]1.[HH]. The Morgan fingerprint density at radius 2 is 2.15 bits per heavy atom. The molecule has 1 aromatic carbocycles. The average Bonchev–Trinajstić information content (AvgIpc) is 3.35. The summed E-state index contributed by atoms with van der Waals surface area (Å²) in [5, 5.41) is 13.9. The summed E-state index contributed by atoms with van der Waals surface area (Å²) in [5.41, 5.74) is 3.33. The maximum Gasteiger partial charge on any atom is 0.268 e. The lowest BCUT2D eigenvalue weighted by molar-refractivity contribution is 0.0912. The molecule has 0 spiro atoms. The molecule has 3 aromatic heterocycles. The monoisotopic (exact) mass is 383 g/mol. The van der Waals surface area contributed by atoms with E-state index in [1.807, 2.05) is 6.07 Å². The van der Waals surface area contributed by atoms with Gasteiger partial charge in [0.25, 0.3) is 5.91 Å². The van der Waals surface area contributed by atoms with Gasteiger partial charge in [-0.3, -0.25) is 4.79 Å². The summed E-state index contributed by atoms with van der Waals surface area (Å²) in [5.74, 6) is -0.334. The van der Waals surface area contributed by atoms with Crippen molar-refractivity contribution in [2.45, 2.75) is 6.04 Å². The number of nitrogens with one attached hydrogen (secondary N) is 3. The first-order valence-electron chi connectivity index (χ1n) is 8.30. The second kappa shape index (κ2) is 7.22. The number of carbonyl (C=O) groups is 1. The van der Waals surface area contributed by atoms with Gasteiger partial charge in [0.05, 0.1) is 18.3 Å². The van der Waals surface area contributed by atoms with Crippen molar-refractivity contribution in [3.63, 3.8) is 0 Å². The molecule has 0 radical (unpaired) electrons. The van der Waals surface area contributed by atoms with Crippen molar-refractivity contribution in [2.75, 3.05) is 6.61 Å². The summed E-state index contributed by atoms with van der Waals surface area (Å²) in [4.78, 5) is 27.1. The third-order valence-corrected chi connectivity index (χ3v) is 4.53. The van der Waals surface area contributed by atoms with Crippen molar-refractivity contribution >= 4 is 28.5 Å². The lowest BCUT2D eigenvalue weighted by atomic mass is 10.1. The number of fused-ring (bicyclic) bond motifs is 1. The van der Waals surface area contributed by atoms with Crippen molar-refractivity contribution in [1.29, 1.82) is 0 Å². The number of H-pyrrole nitrogens is 2. The molecule has 0 aliphatic carbocycles. The van der Waals surface area contributed by atoms with Crippen molar-refractivity contribution in [2.24, 2.45) is 0 Å². The molecule has 0 saturated carbocycles. The fraction of sp³-hybridized carbons (Fsp3) is 0.105. The van der Waals surface area contributed by atoms with Crippen molar-refractivity contribution < 1.29 is 11.3 Å². The summed E-state index contributed by atoms with van der Waals surface area (Å²) in [6.45, 7) is -0.241. The smallest absolute Gasteiger partial charge is 0.268 e. The van der Waals surface area contributed by atoms with E-state index in [9.17, 15) is 9.90 Å². The first-order chi connectivity index (χ1) is 13.2. The van der Waals surface area contributed by atoms with Crippen LogP contribution in [0.25, 0.3) is 22.3 Å². The van der Waals surface area contributed by atoms with Crippen molar-refractivity contribution in [1.82, 2.24) is 25.3 Å². The van der Waals surface area contributed by atoms with Gasteiger partial charge in [-0.25, -0.2) is 9.97 Å². The third kappa shape index (κ3) is 3.42. The van der Waals surface area contributed by atoms with Gasteiger partial charge < -0.3 is 20.4 Å². The van der Waals surface area contributed by atoms with E-state index < -0.39 is 6.04 Å². The lowest BCUT2D eigenvalue weighted by Gasteiger charge is -2.16. The van der Waals surface area contributed by atoms with Gasteiger partial charge in [-0.05, 0) is 29.8 Å². The summed E-state index contributed by atoms with van der Waals surface area (Å²) >= 11 is 5.99. The number of nitrogens with zero attached hydrogens (tertiary/aromatic N) is 2. The fourth-order valence-corrected chi connectivity index (χ4v) is 3.16. The average molecular weight is 384 g/mol. The number of carbonyl (C=O) groups excluding carboxylic acids is 1. The molecule has 4 N–H and O–H groups in total. The molecule has 0 unspecified atom stereocenters.